The summed E-state index contributed by atoms with van der Waals surface area (Å²) in [5.74, 6) is -0.0561. The van der Waals surface area contributed by atoms with Crippen molar-refractivity contribution in [3.63, 3.8) is 0 Å². The maximum Gasteiger partial charge on any atom is 0.162 e. The molecule has 0 saturated carbocycles. The van der Waals surface area contributed by atoms with Crippen molar-refractivity contribution in [2.24, 2.45) is 0 Å². The van der Waals surface area contributed by atoms with Crippen LogP contribution in [-0.2, 0) is 11.2 Å². The van der Waals surface area contributed by atoms with E-state index in [9.17, 15) is 14.3 Å². The standard InChI is InChI=1S/C22H18FNO2/c23-16-9-6-14(7-10-16)17-11-8-15(22-18(17)3-2-12-24-22)13-19-20(25)4-1-5-21(19)26/h2-3,6-12,25H,1,4-5,13H2. The molecule has 1 aliphatic rings. The highest BCUT2D eigenvalue weighted by Gasteiger charge is 2.21. The normalized spacial score (nSPS) is 14.9. The highest BCUT2D eigenvalue weighted by molar-refractivity contribution is 5.99. The summed E-state index contributed by atoms with van der Waals surface area (Å²) >= 11 is 0. The molecule has 0 bridgehead atoms. The van der Waals surface area contributed by atoms with E-state index in [4.69, 9.17) is 0 Å². The molecule has 4 heteroatoms. The third-order valence-electron chi connectivity index (χ3n) is 4.88. The second-order valence-electron chi connectivity index (χ2n) is 6.56. The summed E-state index contributed by atoms with van der Waals surface area (Å²) in [6.45, 7) is 0. The molecule has 1 heterocycles. The van der Waals surface area contributed by atoms with Gasteiger partial charge in [0.05, 0.1) is 11.3 Å². The van der Waals surface area contributed by atoms with Crippen molar-refractivity contribution < 1.29 is 14.3 Å². The Morgan fingerprint density at radius 2 is 1.85 bits per heavy atom. The van der Waals surface area contributed by atoms with Gasteiger partial charge in [0.15, 0.2) is 5.78 Å². The second kappa shape index (κ2) is 6.71. The number of allylic oxidation sites excluding steroid dienone is 2. The topological polar surface area (TPSA) is 50.2 Å². The van der Waals surface area contributed by atoms with Crippen LogP contribution >= 0.6 is 0 Å². The van der Waals surface area contributed by atoms with E-state index in [-0.39, 0.29) is 17.4 Å². The second-order valence-corrected chi connectivity index (χ2v) is 6.56. The van der Waals surface area contributed by atoms with E-state index < -0.39 is 0 Å². The summed E-state index contributed by atoms with van der Waals surface area (Å²) in [6, 6.07) is 14.1. The summed E-state index contributed by atoms with van der Waals surface area (Å²) in [7, 11) is 0. The van der Waals surface area contributed by atoms with E-state index in [1.54, 1.807) is 18.3 Å². The Morgan fingerprint density at radius 1 is 1.04 bits per heavy atom. The summed E-state index contributed by atoms with van der Waals surface area (Å²) in [5.41, 5.74) is 4.07. The first-order chi connectivity index (χ1) is 12.6. The molecule has 0 radical (unpaired) electrons. The Kier molecular flexibility index (Phi) is 4.25. The Hall–Kier alpha value is -3.01. The molecule has 0 aliphatic heterocycles. The van der Waals surface area contributed by atoms with Crippen LogP contribution < -0.4 is 0 Å². The van der Waals surface area contributed by atoms with E-state index in [1.807, 2.05) is 24.3 Å². The van der Waals surface area contributed by atoms with Gasteiger partial charge in [-0.15, -0.1) is 0 Å². The van der Waals surface area contributed by atoms with Crippen LogP contribution in [0.15, 0.2) is 66.1 Å². The summed E-state index contributed by atoms with van der Waals surface area (Å²) in [4.78, 5) is 16.7. The maximum absolute atomic E-state index is 13.2. The number of aliphatic hydroxyl groups is 1. The molecule has 0 amide bonds. The van der Waals surface area contributed by atoms with Crippen molar-refractivity contribution in [1.29, 1.82) is 0 Å². The highest BCUT2D eigenvalue weighted by atomic mass is 19.1. The Morgan fingerprint density at radius 3 is 2.62 bits per heavy atom. The third-order valence-corrected chi connectivity index (χ3v) is 4.88. The molecule has 0 atom stereocenters. The molecule has 26 heavy (non-hydrogen) atoms. The number of halogens is 1. The fraction of sp³-hybridized carbons (Fsp3) is 0.182. The summed E-state index contributed by atoms with van der Waals surface area (Å²) in [5, 5.41) is 11.1. The zero-order valence-electron chi connectivity index (χ0n) is 14.2. The largest absolute Gasteiger partial charge is 0.512 e. The maximum atomic E-state index is 13.2. The molecule has 2 aromatic carbocycles. The quantitative estimate of drug-likeness (QED) is 0.713. The van der Waals surface area contributed by atoms with Crippen LogP contribution in [0.1, 0.15) is 24.8 Å². The average molecular weight is 347 g/mol. The van der Waals surface area contributed by atoms with Gasteiger partial charge in [-0.05, 0) is 41.3 Å². The number of carbonyl (C=O) groups is 1. The lowest BCUT2D eigenvalue weighted by molar-refractivity contribution is -0.116. The number of carbonyl (C=O) groups excluding carboxylic acids is 1. The molecule has 1 N–H and O–H groups in total. The van der Waals surface area contributed by atoms with Gasteiger partial charge in [-0.2, -0.15) is 0 Å². The monoisotopic (exact) mass is 347 g/mol. The SMILES string of the molecule is O=C1CCCC(O)=C1Cc1ccc(-c2ccc(F)cc2)c2cccnc12. The van der Waals surface area contributed by atoms with E-state index >= 15 is 0 Å². The first-order valence-electron chi connectivity index (χ1n) is 8.70. The van der Waals surface area contributed by atoms with Gasteiger partial charge in [0.25, 0.3) is 0 Å². The van der Waals surface area contributed by atoms with Gasteiger partial charge in [0.1, 0.15) is 5.82 Å². The van der Waals surface area contributed by atoms with Crippen LogP contribution in [0.4, 0.5) is 4.39 Å². The van der Waals surface area contributed by atoms with Crippen LogP contribution in [0, 0.1) is 5.82 Å². The van der Waals surface area contributed by atoms with Gasteiger partial charge in [-0.1, -0.05) is 30.3 Å². The van der Waals surface area contributed by atoms with Crippen molar-refractivity contribution in [1.82, 2.24) is 4.98 Å². The molecule has 4 rings (SSSR count). The first-order valence-corrected chi connectivity index (χ1v) is 8.70. The minimum absolute atomic E-state index is 0.0143. The van der Waals surface area contributed by atoms with Crippen molar-refractivity contribution in [2.75, 3.05) is 0 Å². The molecule has 1 aliphatic carbocycles. The first kappa shape index (κ1) is 16.5. The number of pyridine rings is 1. The van der Waals surface area contributed by atoms with Crippen molar-refractivity contribution >= 4 is 16.7 Å². The van der Waals surface area contributed by atoms with Gasteiger partial charge in [0, 0.05) is 36.4 Å². The summed E-state index contributed by atoms with van der Waals surface area (Å²) in [6.07, 6.45) is 3.84. The minimum atomic E-state index is -0.272. The molecule has 0 saturated heterocycles. The Bertz CT molecular complexity index is 1020. The van der Waals surface area contributed by atoms with Crippen LogP contribution in [-0.4, -0.2) is 15.9 Å². The number of ketones is 1. The molecule has 130 valence electrons. The molecule has 3 nitrogen and oxygen atoms in total. The molecule has 0 fully saturated rings. The zero-order valence-corrected chi connectivity index (χ0v) is 14.2. The Labute approximate surface area is 150 Å². The Balaban J connectivity index is 1.82. The van der Waals surface area contributed by atoms with Crippen molar-refractivity contribution in [3.05, 3.63) is 77.4 Å². The number of Topliss-reactive ketones (excluding diaryl/α,β-unsaturated/α-hetero) is 1. The number of hydrogen-bond donors (Lipinski definition) is 1. The minimum Gasteiger partial charge on any atom is -0.512 e. The average Bonchev–Trinajstić information content (AvgIpc) is 2.66. The smallest absolute Gasteiger partial charge is 0.162 e. The van der Waals surface area contributed by atoms with Crippen LogP contribution in [0.25, 0.3) is 22.0 Å². The lowest BCUT2D eigenvalue weighted by Gasteiger charge is -2.16. The number of rotatable bonds is 3. The number of benzene rings is 2. The molecule has 0 spiro atoms. The van der Waals surface area contributed by atoms with Crippen LogP contribution in [0.5, 0.6) is 0 Å². The highest BCUT2D eigenvalue weighted by Crippen LogP contribution is 2.32. The van der Waals surface area contributed by atoms with Gasteiger partial charge in [-0.3, -0.25) is 9.78 Å². The molecule has 0 unspecified atom stereocenters. The lowest BCUT2D eigenvalue weighted by atomic mass is 9.89. The third kappa shape index (κ3) is 2.99. The van der Waals surface area contributed by atoms with E-state index in [0.29, 0.717) is 31.3 Å². The van der Waals surface area contributed by atoms with Gasteiger partial charge < -0.3 is 5.11 Å². The van der Waals surface area contributed by atoms with Crippen LogP contribution in [0.2, 0.25) is 0 Å². The number of hydrogen-bond acceptors (Lipinski definition) is 3. The number of aromatic nitrogens is 1. The number of nitrogens with zero attached hydrogens (tertiary/aromatic N) is 1. The van der Waals surface area contributed by atoms with Crippen LogP contribution in [0.3, 0.4) is 0 Å². The zero-order chi connectivity index (χ0) is 18.1. The van der Waals surface area contributed by atoms with Crippen molar-refractivity contribution in [2.45, 2.75) is 25.7 Å². The van der Waals surface area contributed by atoms with Gasteiger partial charge in [-0.25, -0.2) is 4.39 Å². The van der Waals surface area contributed by atoms with E-state index in [0.717, 1.165) is 27.6 Å². The van der Waals surface area contributed by atoms with E-state index in [2.05, 4.69) is 4.98 Å². The number of aliphatic hydroxyl groups excluding tert-OH is 1. The molecular weight excluding hydrogens is 329 g/mol. The lowest BCUT2D eigenvalue weighted by Crippen LogP contribution is -2.14. The van der Waals surface area contributed by atoms with Gasteiger partial charge >= 0.3 is 0 Å². The molecule has 1 aromatic heterocycles. The van der Waals surface area contributed by atoms with E-state index in [1.165, 1.54) is 12.1 Å². The fourth-order valence-electron chi connectivity index (χ4n) is 3.53. The predicted octanol–water partition coefficient (Wildman–Crippen LogP) is 5.15. The summed E-state index contributed by atoms with van der Waals surface area (Å²) < 4.78 is 13.2. The molecule has 3 aromatic rings. The molecular formula is C22H18FNO2. The number of fused-ring (bicyclic) bond motifs is 1. The van der Waals surface area contributed by atoms with Gasteiger partial charge in [0.2, 0.25) is 0 Å². The van der Waals surface area contributed by atoms with Crippen molar-refractivity contribution in [3.8, 4) is 11.1 Å². The fourth-order valence-corrected chi connectivity index (χ4v) is 3.53. The predicted molar refractivity (Wildman–Crippen MR) is 99.4 cm³/mol.